The van der Waals surface area contributed by atoms with Gasteiger partial charge in [-0.15, -0.1) is 0 Å². The van der Waals surface area contributed by atoms with Crippen LogP contribution in [-0.2, 0) is 17.8 Å². The molecule has 5 aromatic rings. The fraction of sp³-hybridized carbons (Fsp3) is 0.167. The number of ether oxygens (including phenoxy) is 1. The van der Waals surface area contributed by atoms with Crippen LogP contribution in [0.15, 0.2) is 80.9 Å². The van der Waals surface area contributed by atoms with Crippen molar-refractivity contribution in [2.75, 3.05) is 0 Å². The lowest BCUT2D eigenvalue weighted by Gasteiger charge is -2.27. The number of carbonyl (C=O) groups is 1. The summed E-state index contributed by atoms with van der Waals surface area (Å²) in [5.74, 6) is -0.665. The first-order chi connectivity index (χ1) is 18.0. The molecule has 182 valence electrons. The van der Waals surface area contributed by atoms with Crippen LogP contribution in [0.5, 0.6) is 11.5 Å². The summed E-state index contributed by atoms with van der Waals surface area (Å²) in [4.78, 5) is 39.9. The fourth-order valence-electron chi connectivity index (χ4n) is 5.80. The van der Waals surface area contributed by atoms with Crippen molar-refractivity contribution in [2.45, 2.75) is 31.7 Å². The zero-order chi connectivity index (χ0) is 25.3. The van der Waals surface area contributed by atoms with E-state index in [4.69, 9.17) is 9.15 Å². The number of aromatic nitrogens is 1. The van der Waals surface area contributed by atoms with Crippen LogP contribution in [0.4, 0.5) is 0 Å². The van der Waals surface area contributed by atoms with E-state index in [0.29, 0.717) is 45.5 Å². The number of para-hydroxylation sites is 1. The number of benzene rings is 3. The molecule has 2 aliphatic heterocycles. The average Bonchev–Trinajstić information content (AvgIpc) is 2.91. The van der Waals surface area contributed by atoms with E-state index in [9.17, 15) is 19.5 Å². The number of hydrogen-bond donors (Lipinski definition) is 1. The standard InChI is InChI=1S/C30H21NO6/c32-19-8-6-16(7-9-19)23-15-36-29-20(28(23)34)10-11-24-26(29)21(14-25(33)37-24)22-13-18-4-1-3-17-5-2-12-31(27(17)18)30(22)35/h1,3-4,6-11,13,15,21,32H,2,5,12,14H2/t21-/m0/s1. The number of hydrogen-bond acceptors (Lipinski definition) is 6. The highest BCUT2D eigenvalue weighted by molar-refractivity contribution is 5.91. The fourth-order valence-corrected chi connectivity index (χ4v) is 5.80. The van der Waals surface area contributed by atoms with Crippen molar-refractivity contribution < 1.29 is 19.1 Å². The van der Waals surface area contributed by atoms with Gasteiger partial charge in [0.15, 0.2) is 0 Å². The maximum atomic E-state index is 13.8. The normalized spacial score (nSPS) is 16.5. The van der Waals surface area contributed by atoms with Crippen LogP contribution in [0, 0.1) is 0 Å². The van der Waals surface area contributed by atoms with Gasteiger partial charge >= 0.3 is 5.97 Å². The van der Waals surface area contributed by atoms with Gasteiger partial charge in [0, 0.05) is 23.6 Å². The maximum absolute atomic E-state index is 13.8. The first kappa shape index (κ1) is 21.6. The number of phenolic OH excluding ortho intramolecular Hbond substituents is 1. The molecule has 2 aliphatic rings. The summed E-state index contributed by atoms with van der Waals surface area (Å²) in [6.07, 6.45) is 3.15. The number of rotatable bonds is 2. The molecule has 0 fully saturated rings. The second kappa shape index (κ2) is 7.93. The Hall–Kier alpha value is -4.65. The molecule has 7 rings (SSSR count). The first-order valence-electron chi connectivity index (χ1n) is 12.2. The van der Waals surface area contributed by atoms with Crippen LogP contribution in [0.3, 0.4) is 0 Å². The van der Waals surface area contributed by atoms with E-state index in [-0.39, 0.29) is 23.2 Å². The number of pyridine rings is 1. The summed E-state index contributed by atoms with van der Waals surface area (Å²) < 4.78 is 13.4. The van der Waals surface area contributed by atoms with Crippen molar-refractivity contribution in [3.05, 3.63) is 104 Å². The van der Waals surface area contributed by atoms with Crippen molar-refractivity contribution >= 4 is 27.8 Å². The number of fused-ring (bicyclic) bond motifs is 3. The third-order valence-electron chi connectivity index (χ3n) is 7.49. The molecule has 1 N–H and O–H groups in total. The van der Waals surface area contributed by atoms with Gasteiger partial charge in [0.25, 0.3) is 5.56 Å². The summed E-state index contributed by atoms with van der Waals surface area (Å²) in [5.41, 5.74) is 3.99. The minimum Gasteiger partial charge on any atom is -0.508 e. The van der Waals surface area contributed by atoms with Gasteiger partial charge in [0.2, 0.25) is 5.43 Å². The molecule has 37 heavy (non-hydrogen) atoms. The van der Waals surface area contributed by atoms with Crippen LogP contribution in [0.25, 0.3) is 33.0 Å². The van der Waals surface area contributed by atoms with Gasteiger partial charge in [-0.25, -0.2) is 0 Å². The molecule has 7 nitrogen and oxygen atoms in total. The van der Waals surface area contributed by atoms with Crippen LogP contribution < -0.4 is 15.7 Å². The van der Waals surface area contributed by atoms with E-state index >= 15 is 0 Å². The summed E-state index contributed by atoms with van der Waals surface area (Å²) in [5, 5.41) is 10.9. The minimum absolute atomic E-state index is 0.0318. The van der Waals surface area contributed by atoms with E-state index in [2.05, 4.69) is 6.07 Å². The lowest BCUT2D eigenvalue weighted by atomic mass is 9.84. The lowest BCUT2D eigenvalue weighted by Crippen LogP contribution is -2.31. The second-order valence-corrected chi connectivity index (χ2v) is 9.63. The molecule has 0 radical (unpaired) electrons. The largest absolute Gasteiger partial charge is 0.508 e. The average molecular weight is 491 g/mol. The smallest absolute Gasteiger partial charge is 0.312 e. The van der Waals surface area contributed by atoms with Crippen molar-refractivity contribution in [1.29, 1.82) is 0 Å². The molecule has 0 saturated carbocycles. The van der Waals surface area contributed by atoms with E-state index in [1.165, 1.54) is 18.4 Å². The van der Waals surface area contributed by atoms with Crippen molar-refractivity contribution in [3.8, 4) is 22.6 Å². The van der Waals surface area contributed by atoms with E-state index in [1.54, 1.807) is 24.3 Å². The van der Waals surface area contributed by atoms with Crippen LogP contribution in [-0.4, -0.2) is 15.6 Å². The summed E-state index contributed by atoms with van der Waals surface area (Å²) in [6, 6.07) is 17.4. The zero-order valence-electron chi connectivity index (χ0n) is 19.7. The molecular weight excluding hydrogens is 470 g/mol. The molecule has 0 amide bonds. The van der Waals surface area contributed by atoms with Gasteiger partial charge < -0.3 is 18.8 Å². The Morgan fingerprint density at radius 3 is 2.65 bits per heavy atom. The Bertz CT molecular complexity index is 1880. The lowest BCUT2D eigenvalue weighted by molar-refractivity contribution is -0.135. The quantitative estimate of drug-likeness (QED) is 0.280. The number of aromatic hydroxyl groups is 1. The second-order valence-electron chi connectivity index (χ2n) is 9.63. The number of carbonyl (C=O) groups excluding carboxylic acids is 1. The molecule has 2 aromatic heterocycles. The highest BCUT2D eigenvalue weighted by Crippen LogP contribution is 2.43. The SMILES string of the molecule is O=C1C[C@@H](c2cc3cccc4c3n(c2=O)CCC4)c2c(ccc3c(=O)c(-c4ccc(O)cc4)coc23)O1. The Kier molecular flexibility index (Phi) is 4.63. The van der Waals surface area contributed by atoms with Gasteiger partial charge in [-0.1, -0.05) is 30.3 Å². The molecule has 0 unspecified atom stereocenters. The molecule has 7 heteroatoms. The van der Waals surface area contributed by atoms with Crippen molar-refractivity contribution in [1.82, 2.24) is 4.57 Å². The minimum atomic E-state index is -0.617. The highest BCUT2D eigenvalue weighted by Gasteiger charge is 2.34. The predicted octanol–water partition coefficient (Wildman–Crippen LogP) is 4.87. The molecule has 1 atom stereocenters. The van der Waals surface area contributed by atoms with Crippen molar-refractivity contribution in [2.24, 2.45) is 0 Å². The van der Waals surface area contributed by atoms with E-state index < -0.39 is 11.9 Å². The zero-order valence-corrected chi connectivity index (χ0v) is 19.7. The molecule has 0 bridgehead atoms. The molecule has 0 aliphatic carbocycles. The van der Waals surface area contributed by atoms with Gasteiger partial charge in [-0.3, -0.25) is 14.4 Å². The van der Waals surface area contributed by atoms with Crippen LogP contribution in [0.1, 0.15) is 35.4 Å². The number of phenols is 1. The van der Waals surface area contributed by atoms with E-state index in [1.807, 2.05) is 22.8 Å². The number of esters is 1. The molecule has 0 saturated heterocycles. The van der Waals surface area contributed by atoms with Crippen LogP contribution >= 0.6 is 0 Å². The Labute approximate surface area is 210 Å². The topological polar surface area (TPSA) is 98.7 Å². The predicted molar refractivity (Wildman–Crippen MR) is 138 cm³/mol. The molecule has 0 spiro atoms. The summed E-state index contributed by atoms with van der Waals surface area (Å²) >= 11 is 0. The van der Waals surface area contributed by atoms with E-state index in [0.717, 1.165) is 29.3 Å². The Morgan fingerprint density at radius 2 is 1.81 bits per heavy atom. The monoisotopic (exact) mass is 491 g/mol. The Balaban J connectivity index is 1.48. The van der Waals surface area contributed by atoms with Gasteiger partial charge in [0.05, 0.1) is 22.9 Å². The number of aryl methyl sites for hydroxylation is 2. The third-order valence-corrected chi connectivity index (χ3v) is 7.49. The summed E-state index contributed by atoms with van der Waals surface area (Å²) in [6.45, 7) is 0.616. The molecular formula is C30H21NO6. The van der Waals surface area contributed by atoms with Gasteiger partial charge in [0.1, 0.15) is 23.3 Å². The maximum Gasteiger partial charge on any atom is 0.312 e. The van der Waals surface area contributed by atoms with Gasteiger partial charge in [-0.2, -0.15) is 0 Å². The summed E-state index contributed by atoms with van der Waals surface area (Å²) in [7, 11) is 0. The molecule has 3 aromatic carbocycles. The van der Waals surface area contributed by atoms with Crippen molar-refractivity contribution in [3.63, 3.8) is 0 Å². The first-order valence-corrected chi connectivity index (χ1v) is 12.2. The number of nitrogens with zero attached hydrogens (tertiary/aromatic N) is 1. The van der Waals surface area contributed by atoms with Crippen LogP contribution in [0.2, 0.25) is 0 Å². The highest BCUT2D eigenvalue weighted by atomic mass is 16.5. The Morgan fingerprint density at radius 1 is 0.973 bits per heavy atom. The third kappa shape index (κ3) is 3.24. The van der Waals surface area contributed by atoms with Gasteiger partial charge in [-0.05, 0) is 59.7 Å². The molecule has 4 heterocycles.